The second kappa shape index (κ2) is 8.88. The van der Waals surface area contributed by atoms with Crippen molar-refractivity contribution in [3.05, 3.63) is 54.1 Å². The minimum atomic E-state index is -0.00446. The second-order valence-electron chi connectivity index (χ2n) is 5.40. The van der Waals surface area contributed by atoms with Gasteiger partial charge >= 0.3 is 0 Å². The van der Waals surface area contributed by atoms with Crippen LogP contribution < -0.4 is 5.32 Å². The normalized spacial score (nSPS) is 10.3. The lowest BCUT2D eigenvalue weighted by atomic mass is 10.2. The van der Waals surface area contributed by atoms with Crippen LogP contribution in [0.5, 0.6) is 0 Å². The van der Waals surface area contributed by atoms with Crippen molar-refractivity contribution in [3.8, 4) is 0 Å². The van der Waals surface area contributed by atoms with Crippen LogP contribution in [0.3, 0.4) is 0 Å². The maximum atomic E-state index is 12.6. The van der Waals surface area contributed by atoms with E-state index in [0.717, 1.165) is 37.3 Å². The lowest BCUT2D eigenvalue weighted by Crippen LogP contribution is -2.33. The molecule has 23 heavy (non-hydrogen) atoms. The first-order valence-corrected chi connectivity index (χ1v) is 8.13. The zero-order valence-corrected chi connectivity index (χ0v) is 13.8. The molecule has 0 aliphatic carbocycles. The fourth-order valence-electron chi connectivity index (χ4n) is 2.37. The van der Waals surface area contributed by atoms with Crippen LogP contribution in [0.25, 0.3) is 0 Å². The number of hydrogen-bond donors (Lipinski definition) is 1. The van der Waals surface area contributed by atoms with Gasteiger partial charge in [-0.25, -0.2) is 0 Å². The van der Waals surface area contributed by atoms with Crippen LogP contribution in [0.2, 0.25) is 0 Å². The summed E-state index contributed by atoms with van der Waals surface area (Å²) in [5.41, 5.74) is 2.32. The lowest BCUT2D eigenvalue weighted by molar-refractivity contribution is 0.0749. The first kappa shape index (κ1) is 16.9. The summed E-state index contributed by atoms with van der Waals surface area (Å²) in [5, 5.41) is 3.29. The van der Waals surface area contributed by atoms with Crippen LogP contribution in [0.4, 0.5) is 5.69 Å². The number of nitrogens with one attached hydrogen (secondary N) is 1. The van der Waals surface area contributed by atoms with Crippen molar-refractivity contribution in [2.45, 2.75) is 33.2 Å². The molecule has 2 rings (SSSR count). The molecule has 2 aromatic rings. The molecule has 2 heterocycles. The number of anilines is 1. The first-order chi connectivity index (χ1) is 11.2. The van der Waals surface area contributed by atoms with Gasteiger partial charge in [0.2, 0.25) is 0 Å². The minimum absolute atomic E-state index is 0.00446. The summed E-state index contributed by atoms with van der Waals surface area (Å²) in [7, 11) is 0. The highest BCUT2D eigenvalue weighted by molar-refractivity contribution is 5.93. The number of aromatic nitrogens is 2. The molecule has 0 aliphatic heterocycles. The molecule has 1 N–H and O–H groups in total. The third-order valence-electron chi connectivity index (χ3n) is 3.45. The van der Waals surface area contributed by atoms with Gasteiger partial charge in [0, 0.05) is 31.2 Å². The Morgan fingerprint density at radius 1 is 1.09 bits per heavy atom. The number of hydrogen-bond acceptors (Lipinski definition) is 4. The Morgan fingerprint density at radius 3 is 2.52 bits per heavy atom. The van der Waals surface area contributed by atoms with E-state index < -0.39 is 0 Å². The molecule has 0 bridgehead atoms. The topological polar surface area (TPSA) is 58.1 Å². The third kappa shape index (κ3) is 5.06. The van der Waals surface area contributed by atoms with Crippen molar-refractivity contribution < 1.29 is 4.79 Å². The van der Waals surface area contributed by atoms with Crippen LogP contribution in [0.15, 0.2) is 42.7 Å². The Labute approximate surface area is 137 Å². The van der Waals surface area contributed by atoms with Crippen LogP contribution in [0, 0.1) is 0 Å². The van der Waals surface area contributed by atoms with E-state index in [1.807, 2.05) is 35.2 Å². The third-order valence-corrected chi connectivity index (χ3v) is 3.45. The summed E-state index contributed by atoms with van der Waals surface area (Å²) in [6.45, 7) is 6.30. The molecule has 0 saturated heterocycles. The van der Waals surface area contributed by atoms with E-state index >= 15 is 0 Å². The zero-order valence-electron chi connectivity index (χ0n) is 13.8. The number of carbonyl (C=O) groups is 1. The molecule has 0 atom stereocenters. The molecule has 0 radical (unpaired) electrons. The van der Waals surface area contributed by atoms with E-state index in [9.17, 15) is 4.79 Å². The van der Waals surface area contributed by atoms with E-state index in [4.69, 9.17) is 0 Å². The lowest BCUT2D eigenvalue weighted by Gasteiger charge is -2.21. The highest BCUT2D eigenvalue weighted by Crippen LogP contribution is 2.12. The number of amides is 1. The average Bonchev–Trinajstić information content (AvgIpc) is 2.60. The maximum absolute atomic E-state index is 12.6. The Bertz CT molecular complexity index is 609. The van der Waals surface area contributed by atoms with Gasteiger partial charge in [-0.05, 0) is 37.1 Å². The molecule has 0 aliphatic rings. The molecule has 122 valence electrons. The quantitative estimate of drug-likeness (QED) is 0.812. The van der Waals surface area contributed by atoms with Gasteiger partial charge in [0.25, 0.3) is 5.91 Å². The number of nitrogens with zero attached hydrogens (tertiary/aromatic N) is 3. The standard InChI is InChI=1S/C18H24N4O/c1-3-11-22(12-4-2)18(23)17-13-15(8-10-20-17)21-14-16-7-5-6-9-19-16/h5-10,13H,3-4,11-12,14H2,1-2H3,(H,20,21). The first-order valence-electron chi connectivity index (χ1n) is 8.13. The van der Waals surface area contributed by atoms with Crippen molar-refractivity contribution in [2.24, 2.45) is 0 Å². The smallest absolute Gasteiger partial charge is 0.272 e. The zero-order chi connectivity index (χ0) is 16.5. The summed E-state index contributed by atoms with van der Waals surface area (Å²) >= 11 is 0. The average molecular weight is 312 g/mol. The summed E-state index contributed by atoms with van der Waals surface area (Å²) in [4.78, 5) is 22.9. The molecule has 2 aromatic heterocycles. The van der Waals surface area contributed by atoms with Gasteiger partial charge < -0.3 is 10.2 Å². The Morgan fingerprint density at radius 2 is 1.87 bits per heavy atom. The summed E-state index contributed by atoms with van der Waals surface area (Å²) in [6.07, 6.45) is 5.34. The molecule has 0 spiro atoms. The van der Waals surface area contributed by atoms with Crippen LogP contribution >= 0.6 is 0 Å². The molecular weight excluding hydrogens is 288 g/mol. The maximum Gasteiger partial charge on any atom is 0.272 e. The van der Waals surface area contributed by atoms with Gasteiger partial charge in [-0.15, -0.1) is 0 Å². The molecular formula is C18H24N4O. The Hall–Kier alpha value is -2.43. The van der Waals surface area contributed by atoms with Gasteiger partial charge in [-0.2, -0.15) is 0 Å². The number of rotatable bonds is 8. The molecule has 5 heteroatoms. The van der Waals surface area contributed by atoms with Gasteiger partial charge in [-0.1, -0.05) is 19.9 Å². The largest absolute Gasteiger partial charge is 0.379 e. The fourth-order valence-corrected chi connectivity index (χ4v) is 2.37. The Balaban J connectivity index is 2.04. The summed E-state index contributed by atoms with van der Waals surface area (Å²) < 4.78 is 0. The van der Waals surface area contributed by atoms with Crippen molar-refractivity contribution >= 4 is 11.6 Å². The van der Waals surface area contributed by atoms with Gasteiger partial charge in [0.15, 0.2) is 0 Å². The molecule has 5 nitrogen and oxygen atoms in total. The molecule has 0 aromatic carbocycles. The predicted molar refractivity (Wildman–Crippen MR) is 92.3 cm³/mol. The van der Waals surface area contributed by atoms with Gasteiger partial charge in [-0.3, -0.25) is 14.8 Å². The number of carbonyl (C=O) groups excluding carboxylic acids is 1. The van der Waals surface area contributed by atoms with Crippen molar-refractivity contribution in [1.29, 1.82) is 0 Å². The van der Waals surface area contributed by atoms with E-state index in [-0.39, 0.29) is 5.91 Å². The van der Waals surface area contributed by atoms with Gasteiger partial charge in [0.1, 0.15) is 5.69 Å². The number of pyridine rings is 2. The van der Waals surface area contributed by atoms with E-state index in [1.165, 1.54) is 0 Å². The summed E-state index contributed by atoms with van der Waals surface area (Å²) in [6, 6.07) is 9.49. The Kier molecular flexibility index (Phi) is 6.54. The van der Waals surface area contributed by atoms with E-state index in [0.29, 0.717) is 12.2 Å². The van der Waals surface area contributed by atoms with Crippen LogP contribution in [-0.2, 0) is 6.54 Å². The molecule has 0 saturated carbocycles. The predicted octanol–water partition coefficient (Wildman–Crippen LogP) is 3.35. The fraction of sp³-hybridized carbons (Fsp3) is 0.389. The highest BCUT2D eigenvalue weighted by atomic mass is 16.2. The van der Waals surface area contributed by atoms with Crippen LogP contribution in [-0.4, -0.2) is 33.9 Å². The molecule has 0 unspecified atom stereocenters. The SMILES string of the molecule is CCCN(CCC)C(=O)c1cc(NCc2ccccn2)ccn1. The van der Waals surface area contributed by atoms with Crippen molar-refractivity contribution in [1.82, 2.24) is 14.9 Å². The van der Waals surface area contributed by atoms with Crippen molar-refractivity contribution in [3.63, 3.8) is 0 Å². The van der Waals surface area contributed by atoms with E-state index in [1.54, 1.807) is 12.4 Å². The van der Waals surface area contributed by atoms with Gasteiger partial charge in [0.05, 0.1) is 12.2 Å². The van der Waals surface area contributed by atoms with E-state index in [2.05, 4.69) is 29.1 Å². The minimum Gasteiger partial charge on any atom is -0.379 e. The molecule has 0 fully saturated rings. The van der Waals surface area contributed by atoms with Crippen molar-refractivity contribution in [2.75, 3.05) is 18.4 Å². The monoisotopic (exact) mass is 312 g/mol. The molecule has 1 amide bonds. The van der Waals surface area contributed by atoms with Crippen LogP contribution in [0.1, 0.15) is 42.9 Å². The summed E-state index contributed by atoms with van der Waals surface area (Å²) in [5.74, 6) is -0.00446. The highest BCUT2D eigenvalue weighted by Gasteiger charge is 2.15. The second-order valence-corrected chi connectivity index (χ2v) is 5.40.